The second-order valence-electron chi connectivity index (χ2n) is 5.15. The van der Waals surface area contributed by atoms with E-state index in [-0.39, 0.29) is 0 Å². The van der Waals surface area contributed by atoms with Crippen LogP contribution in [0.1, 0.15) is 18.9 Å². The van der Waals surface area contributed by atoms with Gasteiger partial charge in [0, 0.05) is 16.7 Å². The van der Waals surface area contributed by atoms with E-state index in [1.807, 2.05) is 30.0 Å². The summed E-state index contributed by atoms with van der Waals surface area (Å²) in [6.45, 7) is 3.23. The fourth-order valence-corrected chi connectivity index (χ4v) is 3.15. The first-order chi connectivity index (χ1) is 10.3. The summed E-state index contributed by atoms with van der Waals surface area (Å²) in [5.41, 5.74) is 1.26. The lowest BCUT2D eigenvalue weighted by Crippen LogP contribution is -2.34. The van der Waals surface area contributed by atoms with Crippen LogP contribution in [0, 0.1) is 0 Å². The van der Waals surface area contributed by atoms with Crippen molar-refractivity contribution in [3.63, 3.8) is 0 Å². The van der Waals surface area contributed by atoms with Crippen molar-refractivity contribution in [1.29, 1.82) is 0 Å². The normalized spacial score (nSPS) is 12.2. The summed E-state index contributed by atoms with van der Waals surface area (Å²) in [5, 5.41) is 13.0. The molecular formula is C18H23NOS. The van der Waals surface area contributed by atoms with Gasteiger partial charge in [0.05, 0.1) is 0 Å². The van der Waals surface area contributed by atoms with E-state index in [9.17, 15) is 5.11 Å². The van der Waals surface area contributed by atoms with E-state index in [0.29, 0.717) is 11.8 Å². The molecule has 0 aliphatic heterocycles. The second-order valence-corrected chi connectivity index (χ2v) is 6.24. The Morgan fingerprint density at radius 2 is 1.76 bits per heavy atom. The molecule has 0 saturated heterocycles. The monoisotopic (exact) mass is 301 g/mol. The number of rotatable bonds is 8. The first kappa shape index (κ1) is 15.9. The van der Waals surface area contributed by atoms with Gasteiger partial charge in [0.2, 0.25) is 0 Å². The molecule has 0 amide bonds. The Kier molecular flexibility index (Phi) is 6.64. The fraction of sp³-hybridized carbons (Fsp3) is 0.333. The van der Waals surface area contributed by atoms with Gasteiger partial charge >= 0.3 is 0 Å². The van der Waals surface area contributed by atoms with E-state index in [0.717, 1.165) is 25.1 Å². The summed E-state index contributed by atoms with van der Waals surface area (Å²) in [6, 6.07) is 18.5. The zero-order chi connectivity index (χ0) is 14.9. The molecule has 0 radical (unpaired) electrons. The summed E-state index contributed by atoms with van der Waals surface area (Å²) in [5.74, 6) is 1.38. The quantitative estimate of drug-likeness (QED) is 0.720. The highest BCUT2D eigenvalue weighted by atomic mass is 32.2. The summed E-state index contributed by atoms with van der Waals surface area (Å²) in [7, 11) is 0. The van der Waals surface area contributed by atoms with Crippen LogP contribution in [-0.4, -0.2) is 23.4 Å². The third-order valence-electron chi connectivity index (χ3n) is 3.30. The van der Waals surface area contributed by atoms with Crippen LogP contribution in [0.15, 0.2) is 59.5 Å². The van der Waals surface area contributed by atoms with Gasteiger partial charge in [-0.3, -0.25) is 0 Å². The number of hydrogen-bond acceptors (Lipinski definition) is 3. The third kappa shape index (κ3) is 5.82. The van der Waals surface area contributed by atoms with Crippen LogP contribution in [0.4, 0.5) is 0 Å². The van der Waals surface area contributed by atoms with Crippen molar-refractivity contribution in [2.75, 3.05) is 12.3 Å². The molecule has 0 aromatic heterocycles. The van der Waals surface area contributed by atoms with Crippen LogP contribution in [0.25, 0.3) is 0 Å². The molecule has 2 aromatic carbocycles. The van der Waals surface area contributed by atoms with Gasteiger partial charge in [-0.2, -0.15) is 0 Å². The molecule has 0 aliphatic carbocycles. The van der Waals surface area contributed by atoms with Crippen molar-refractivity contribution < 1.29 is 5.11 Å². The van der Waals surface area contributed by atoms with Gasteiger partial charge in [-0.15, -0.1) is 11.8 Å². The Labute approximate surface area is 131 Å². The van der Waals surface area contributed by atoms with Crippen LogP contribution in [0.3, 0.4) is 0 Å². The number of phenols is 1. The lowest BCUT2D eigenvalue weighted by atomic mass is 10.1. The molecule has 0 fully saturated rings. The molecule has 21 heavy (non-hydrogen) atoms. The van der Waals surface area contributed by atoms with E-state index in [1.54, 1.807) is 12.1 Å². The van der Waals surface area contributed by atoms with Gasteiger partial charge in [-0.1, -0.05) is 37.3 Å². The third-order valence-corrected chi connectivity index (χ3v) is 4.47. The number of hydrogen-bond donors (Lipinski definition) is 2. The van der Waals surface area contributed by atoms with Gasteiger partial charge in [0.15, 0.2) is 0 Å². The highest BCUT2D eigenvalue weighted by Crippen LogP contribution is 2.20. The standard InChI is InChI=1S/C18H23NOS/c1-2-12-19-16(13-15-8-10-17(20)11-9-15)14-21-18-6-4-3-5-7-18/h3-11,16,19-20H,2,12-14H2,1H3. The van der Waals surface area contributed by atoms with E-state index >= 15 is 0 Å². The number of benzene rings is 2. The molecule has 0 bridgehead atoms. The average molecular weight is 301 g/mol. The molecule has 1 unspecified atom stereocenters. The zero-order valence-corrected chi connectivity index (χ0v) is 13.3. The van der Waals surface area contributed by atoms with Crippen LogP contribution < -0.4 is 5.32 Å². The van der Waals surface area contributed by atoms with Gasteiger partial charge in [-0.05, 0) is 49.2 Å². The van der Waals surface area contributed by atoms with Crippen molar-refractivity contribution in [2.45, 2.75) is 30.7 Å². The van der Waals surface area contributed by atoms with Gasteiger partial charge in [0.1, 0.15) is 5.75 Å². The average Bonchev–Trinajstić information content (AvgIpc) is 2.53. The van der Waals surface area contributed by atoms with Crippen molar-refractivity contribution >= 4 is 11.8 Å². The smallest absolute Gasteiger partial charge is 0.115 e. The molecule has 3 heteroatoms. The number of thioether (sulfide) groups is 1. The largest absolute Gasteiger partial charge is 0.508 e. The highest BCUT2D eigenvalue weighted by Gasteiger charge is 2.09. The van der Waals surface area contributed by atoms with Gasteiger partial charge < -0.3 is 10.4 Å². The zero-order valence-electron chi connectivity index (χ0n) is 12.5. The lowest BCUT2D eigenvalue weighted by Gasteiger charge is -2.18. The topological polar surface area (TPSA) is 32.3 Å². The molecular weight excluding hydrogens is 278 g/mol. The predicted molar refractivity (Wildman–Crippen MR) is 91.1 cm³/mol. The van der Waals surface area contributed by atoms with Gasteiger partial charge in [-0.25, -0.2) is 0 Å². The minimum absolute atomic E-state index is 0.329. The van der Waals surface area contributed by atoms with E-state index in [4.69, 9.17) is 0 Å². The Hall–Kier alpha value is -1.45. The molecule has 112 valence electrons. The van der Waals surface area contributed by atoms with Gasteiger partial charge in [0.25, 0.3) is 0 Å². The fourth-order valence-electron chi connectivity index (χ4n) is 2.17. The van der Waals surface area contributed by atoms with Crippen molar-refractivity contribution in [3.8, 4) is 5.75 Å². The van der Waals surface area contributed by atoms with Crippen LogP contribution in [0.5, 0.6) is 5.75 Å². The SMILES string of the molecule is CCCNC(CSc1ccccc1)Cc1ccc(O)cc1. The molecule has 0 heterocycles. The van der Waals surface area contributed by atoms with Crippen LogP contribution in [-0.2, 0) is 6.42 Å². The molecule has 2 aromatic rings. The number of phenolic OH excluding ortho intramolecular Hbond substituents is 1. The summed E-state index contributed by atoms with van der Waals surface area (Å²) < 4.78 is 0. The maximum absolute atomic E-state index is 9.36. The van der Waals surface area contributed by atoms with Crippen molar-refractivity contribution in [1.82, 2.24) is 5.32 Å². The maximum atomic E-state index is 9.36. The van der Waals surface area contributed by atoms with Crippen molar-refractivity contribution in [2.24, 2.45) is 0 Å². The van der Waals surface area contributed by atoms with E-state index in [1.165, 1.54) is 10.5 Å². The highest BCUT2D eigenvalue weighted by molar-refractivity contribution is 7.99. The molecule has 2 nitrogen and oxygen atoms in total. The first-order valence-corrected chi connectivity index (χ1v) is 8.45. The second kappa shape index (κ2) is 8.75. The Bertz CT molecular complexity index is 513. The Morgan fingerprint density at radius 1 is 1.05 bits per heavy atom. The molecule has 2 N–H and O–H groups in total. The predicted octanol–water partition coefficient (Wildman–Crippen LogP) is 4.10. The molecule has 2 rings (SSSR count). The first-order valence-electron chi connectivity index (χ1n) is 7.47. The number of nitrogens with one attached hydrogen (secondary N) is 1. The van der Waals surface area contributed by atoms with Crippen LogP contribution in [0.2, 0.25) is 0 Å². The van der Waals surface area contributed by atoms with Crippen LogP contribution >= 0.6 is 11.8 Å². The lowest BCUT2D eigenvalue weighted by molar-refractivity contribution is 0.474. The minimum Gasteiger partial charge on any atom is -0.508 e. The molecule has 0 aliphatic rings. The molecule has 0 saturated carbocycles. The summed E-state index contributed by atoms with van der Waals surface area (Å²) in [6.07, 6.45) is 2.13. The molecule has 0 spiro atoms. The summed E-state index contributed by atoms with van der Waals surface area (Å²) in [4.78, 5) is 1.31. The number of aromatic hydroxyl groups is 1. The van der Waals surface area contributed by atoms with E-state index < -0.39 is 0 Å². The summed E-state index contributed by atoms with van der Waals surface area (Å²) >= 11 is 1.89. The Morgan fingerprint density at radius 3 is 2.43 bits per heavy atom. The van der Waals surface area contributed by atoms with E-state index in [2.05, 4.69) is 36.5 Å². The molecule has 1 atom stereocenters. The minimum atomic E-state index is 0.329. The maximum Gasteiger partial charge on any atom is 0.115 e. The Balaban J connectivity index is 1.92. The van der Waals surface area contributed by atoms with Crippen molar-refractivity contribution in [3.05, 3.63) is 60.2 Å².